The summed E-state index contributed by atoms with van der Waals surface area (Å²) in [6.45, 7) is 7.59. The first-order valence-electron chi connectivity index (χ1n) is 13.5. The number of fused-ring (bicyclic) bond motifs is 1. The lowest BCUT2D eigenvalue weighted by Gasteiger charge is -2.51. The molecule has 0 bridgehead atoms. The van der Waals surface area contributed by atoms with Gasteiger partial charge in [-0.05, 0) is 43.3 Å². The molecule has 1 aromatic carbocycles. The highest BCUT2D eigenvalue weighted by Gasteiger charge is 2.45. The number of aryl methyl sites for hydroxylation is 1. The van der Waals surface area contributed by atoms with Crippen LogP contribution >= 0.6 is 11.6 Å². The van der Waals surface area contributed by atoms with Crippen LogP contribution in [0.2, 0.25) is 5.02 Å². The Labute approximate surface area is 238 Å². The zero-order valence-electron chi connectivity index (χ0n) is 22.8. The number of nitriles is 1. The summed E-state index contributed by atoms with van der Waals surface area (Å²) >= 11 is 6.26. The Kier molecular flexibility index (Phi) is 7.00. The molecule has 2 N–H and O–H groups in total. The molecule has 6 rings (SSSR count). The number of aromatic nitrogens is 3. The average molecular weight is 561 g/mol. The first-order valence-corrected chi connectivity index (χ1v) is 13.9. The van der Waals surface area contributed by atoms with Crippen molar-refractivity contribution >= 4 is 34.8 Å². The fourth-order valence-electron chi connectivity index (χ4n) is 5.66. The predicted octanol–water partition coefficient (Wildman–Crippen LogP) is 2.21. The third-order valence-electron chi connectivity index (χ3n) is 8.08. The highest BCUT2D eigenvalue weighted by Crippen LogP contribution is 2.42. The lowest BCUT2D eigenvalue weighted by molar-refractivity contribution is -0.133. The van der Waals surface area contributed by atoms with Crippen LogP contribution in [0.1, 0.15) is 17.5 Å². The standard InChI is InChI=1S/C28H33ClN10O/c1-20-14-21(5-6-23(20)29)28(7-8-30)18-37(19-28)24-4-3-9-39-26(24)33-27(34-39)32-22-15-31-38(16-22)17-25(40)36-12-10-35(2)11-13-36/h3-6,9,14,16,31H,7,10-13,15,17-19H2,1-2H3,(H,32,34). The number of piperazine rings is 1. The number of nitrogens with zero attached hydrogens (tertiary/aromatic N) is 8. The predicted molar refractivity (Wildman–Crippen MR) is 154 cm³/mol. The van der Waals surface area contributed by atoms with Crippen LogP contribution in [0.25, 0.3) is 5.65 Å². The lowest BCUT2D eigenvalue weighted by atomic mass is 9.71. The zero-order chi connectivity index (χ0) is 27.9. The van der Waals surface area contributed by atoms with Crippen LogP contribution in [0.5, 0.6) is 0 Å². The minimum atomic E-state index is -0.247. The van der Waals surface area contributed by atoms with Gasteiger partial charge in [-0.15, -0.1) is 5.10 Å². The topological polar surface area (TPSA) is 108 Å². The van der Waals surface area contributed by atoms with Crippen LogP contribution in [0.3, 0.4) is 0 Å². The molecule has 11 nitrogen and oxygen atoms in total. The molecule has 3 aliphatic heterocycles. The van der Waals surface area contributed by atoms with E-state index < -0.39 is 0 Å². The molecule has 0 spiro atoms. The van der Waals surface area contributed by atoms with Crippen LogP contribution < -0.4 is 15.6 Å². The monoisotopic (exact) mass is 560 g/mol. The number of hydrazine groups is 1. The maximum absolute atomic E-state index is 12.7. The molecule has 208 valence electrons. The Bertz CT molecular complexity index is 1500. The number of hydrogen-bond acceptors (Lipinski definition) is 9. The van der Waals surface area contributed by atoms with E-state index in [2.05, 4.69) is 44.8 Å². The number of likely N-dealkylation sites (N-methyl/N-ethyl adjacent to an activating group) is 1. The quantitative estimate of drug-likeness (QED) is 0.449. The summed E-state index contributed by atoms with van der Waals surface area (Å²) in [5.41, 5.74) is 7.76. The van der Waals surface area contributed by atoms with Gasteiger partial charge >= 0.3 is 0 Å². The van der Waals surface area contributed by atoms with Gasteiger partial charge in [0.05, 0.1) is 24.0 Å². The van der Waals surface area contributed by atoms with E-state index in [1.807, 2.05) is 53.5 Å². The van der Waals surface area contributed by atoms with Crippen molar-refractivity contribution in [2.45, 2.75) is 18.8 Å². The van der Waals surface area contributed by atoms with Gasteiger partial charge in [0, 0.05) is 68.5 Å². The van der Waals surface area contributed by atoms with Gasteiger partial charge in [0.25, 0.3) is 0 Å². The molecular formula is C28H33ClN10O. The van der Waals surface area contributed by atoms with Gasteiger partial charge in [-0.1, -0.05) is 23.7 Å². The van der Waals surface area contributed by atoms with E-state index in [9.17, 15) is 10.1 Å². The molecule has 5 heterocycles. The van der Waals surface area contributed by atoms with Crippen LogP contribution in [-0.2, 0) is 10.2 Å². The lowest BCUT2D eigenvalue weighted by Crippen LogP contribution is -2.59. The first-order chi connectivity index (χ1) is 19.3. The number of amides is 1. The summed E-state index contributed by atoms with van der Waals surface area (Å²) in [6.07, 6.45) is 4.21. The highest BCUT2D eigenvalue weighted by atomic mass is 35.5. The molecule has 0 atom stereocenters. The third-order valence-corrected chi connectivity index (χ3v) is 8.50. The number of halogens is 1. The van der Waals surface area contributed by atoms with Crippen LogP contribution in [0.4, 0.5) is 11.6 Å². The van der Waals surface area contributed by atoms with Crippen LogP contribution in [0.15, 0.2) is 48.4 Å². The van der Waals surface area contributed by atoms with E-state index in [4.69, 9.17) is 16.6 Å². The maximum atomic E-state index is 12.7. The summed E-state index contributed by atoms with van der Waals surface area (Å²) in [6, 6.07) is 12.4. The molecule has 1 amide bonds. The Morgan fingerprint density at radius 2 is 2.02 bits per heavy atom. The van der Waals surface area contributed by atoms with Crippen LogP contribution in [-0.4, -0.2) is 94.7 Å². The molecule has 0 aliphatic carbocycles. The molecular weight excluding hydrogens is 528 g/mol. The number of carbonyl (C=O) groups is 1. The van der Waals surface area contributed by atoms with Crippen molar-refractivity contribution in [1.29, 1.82) is 5.26 Å². The second-order valence-electron chi connectivity index (χ2n) is 11.0. The normalized spacial score (nSPS) is 18.9. The minimum absolute atomic E-state index is 0.115. The average Bonchev–Trinajstić information content (AvgIpc) is 3.54. The molecule has 0 radical (unpaired) electrons. The third kappa shape index (κ3) is 5.06. The molecule has 2 aromatic heterocycles. The molecule has 2 saturated heterocycles. The van der Waals surface area contributed by atoms with E-state index in [-0.39, 0.29) is 17.9 Å². The van der Waals surface area contributed by atoms with E-state index >= 15 is 0 Å². The van der Waals surface area contributed by atoms with Gasteiger partial charge in [-0.25, -0.2) is 9.94 Å². The molecule has 0 saturated carbocycles. The van der Waals surface area contributed by atoms with Gasteiger partial charge in [0.2, 0.25) is 11.9 Å². The van der Waals surface area contributed by atoms with Crippen molar-refractivity contribution in [3.05, 3.63) is 64.6 Å². The van der Waals surface area contributed by atoms with E-state index in [0.29, 0.717) is 32.0 Å². The van der Waals surface area contributed by atoms with Crippen molar-refractivity contribution < 1.29 is 4.79 Å². The van der Waals surface area contributed by atoms with Gasteiger partial charge in [-0.3, -0.25) is 4.79 Å². The molecule has 40 heavy (non-hydrogen) atoms. The summed E-state index contributed by atoms with van der Waals surface area (Å²) in [5, 5.41) is 20.1. The smallest absolute Gasteiger partial charge is 0.247 e. The Balaban J connectivity index is 1.13. The summed E-state index contributed by atoms with van der Waals surface area (Å²) in [7, 11) is 2.08. The molecule has 3 aliphatic rings. The summed E-state index contributed by atoms with van der Waals surface area (Å²) in [4.78, 5) is 23.9. The van der Waals surface area contributed by atoms with Gasteiger partial charge in [-0.2, -0.15) is 10.2 Å². The minimum Gasteiger partial charge on any atom is -0.366 e. The molecule has 3 aromatic rings. The molecule has 12 heteroatoms. The summed E-state index contributed by atoms with van der Waals surface area (Å²) in [5.74, 6) is 0.606. The van der Waals surface area contributed by atoms with E-state index in [1.165, 1.54) is 0 Å². The van der Waals surface area contributed by atoms with Crippen molar-refractivity contribution in [3.63, 3.8) is 0 Å². The molecule has 2 fully saturated rings. The van der Waals surface area contributed by atoms with Crippen molar-refractivity contribution in [2.24, 2.45) is 0 Å². The number of anilines is 2. The van der Waals surface area contributed by atoms with Crippen molar-refractivity contribution in [3.8, 4) is 6.07 Å². The van der Waals surface area contributed by atoms with Crippen LogP contribution in [0, 0.1) is 18.3 Å². The van der Waals surface area contributed by atoms with Gasteiger partial charge < -0.3 is 25.0 Å². The second kappa shape index (κ2) is 10.6. The summed E-state index contributed by atoms with van der Waals surface area (Å²) < 4.78 is 1.77. The zero-order valence-corrected chi connectivity index (χ0v) is 23.5. The van der Waals surface area contributed by atoms with Crippen molar-refractivity contribution in [1.82, 2.24) is 34.8 Å². The Morgan fingerprint density at radius 1 is 1.23 bits per heavy atom. The number of rotatable bonds is 7. The largest absolute Gasteiger partial charge is 0.366 e. The number of carbonyl (C=O) groups excluding carboxylic acids is 1. The van der Waals surface area contributed by atoms with Crippen molar-refractivity contribution in [2.75, 3.05) is 69.6 Å². The Morgan fingerprint density at radius 3 is 2.77 bits per heavy atom. The number of pyridine rings is 1. The Hall–Kier alpha value is -3.85. The van der Waals surface area contributed by atoms with Gasteiger partial charge in [0.15, 0.2) is 5.65 Å². The highest BCUT2D eigenvalue weighted by molar-refractivity contribution is 6.31. The fourth-order valence-corrected chi connectivity index (χ4v) is 5.78. The van der Waals surface area contributed by atoms with E-state index in [1.54, 1.807) is 4.52 Å². The number of benzene rings is 1. The van der Waals surface area contributed by atoms with E-state index in [0.717, 1.165) is 59.4 Å². The second-order valence-corrected chi connectivity index (χ2v) is 11.4. The first kappa shape index (κ1) is 26.4. The molecule has 0 unspecified atom stereocenters. The maximum Gasteiger partial charge on any atom is 0.247 e. The number of nitrogens with one attached hydrogen (secondary N) is 2. The van der Waals surface area contributed by atoms with Gasteiger partial charge in [0.1, 0.15) is 6.54 Å². The number of hydrogen-bond donors (Lipinski definition) is 2. The SMILES string of the molecule is Cc1cc(C2(CC#N)CN(c3cccn4nc(NC5=CN(CC(=O)N6CCN(C)CC6)NC5)nc34)C2)ccc1Cl. The fraction of sp³-hybridized carbons (Fsp3) is 0.429.